The molecule has 0 saturated carbocycles. The number of hydrogen-bond acceptors (Lipinski definition) is 4. The highest BCUT2D eigenvalue weighted by Crippen LogP contribution is 2.56. The van der Waals surface area contributed by atoms with Crippen LogP contribution in [0.5, 0.6) is 11.5 Å². The van der Waals surface area contributed by atoms with E-state index < -0.39 is 16.9 Å². The van der Waals surface area contributed by atoms with E-state index in [1.807, 2.05) is 30.3 Å². The molecule has 2 aliphatic heterocycles. The van der Waals surface area contributed by atoms with E-state index in [0.717, 1.165) is 5.56 Å². The molecule has 7 heteroatoms. The lowest BCUT2D eigenvalue weighted by atomic mass is 9.77. The number of nitro benzene ring substituents is 1. The lowest BCUT2D eigenvalue weighted by Gasteiger charge is -2.46. The molecule has 138 valence electrons. The van der Waals surface area contributed by atoms with Gasteiger partial charge in [0.15, 0.2) is 5.75 Å². The van der Waals surface area contributed by atoms with E-state index in [0.29, 0.717) is 27.8 Å². The fourth-order valence-corrected chi connectivity index (χ4v) is 4.03. The van der Waals surface area contributed by atoms with Gasteiger partial charge in [-0.3, -0.25) is 19.8 Å². The van der Waals surface area contributed by atoms with Gasteiger partial charge in [-0.15, -0.1) is 0 Å². The quantitative estimate of drug-likeness (QED) is 0.340. The maximum absolute atomic E-state index is 13.1. The Morgan fingerprint density at radius 2 is 1.75 bits per heavy atom. The maximum atomic E-state index is 13.1. The number of rotatable bonds is 2. The molecule has 0 aliphatic carbocycles. The van der Waals surface area contributed by atoms with Crippen LogP contribution < -0.4 is 9.64 Å². The second kappa shape index (κ2) is 6.07. The molecule has 0 aromatic heterocycles. The van der Waals surface area contributed by atoms with E-state index in [-0.39, 0.29) is 11.6 Å². The van der Waals surface area contributed by atoms with Crippen LogP contribution in [0, 0.1) is 10.1 Å². The van der Waals surface area contributed by atoms with E-state index >= 15 is 0 Å². The number of benzene rings is 3. The Labute approximate surface area is 165 Å². The van der Waals surface area contributed by atoms with E-state index in [9.17, 15) is 14.9 Å². The first-order chi connectivity index (χ1) is 13.5. The highest BCUT2D eigenvalue weighted by Gasteiger charge is 2.52. The average Bonchev–Trinajstić information content (AvgIpc) is 2.81. The number of halogens is 1. The maximum Gasteiger partial charge on any atom is 0.270 e. The number of carbonyl (C=O) groups is 1. The van der Waals surface area contributed by atoms with Gasteiger partial charge in [-0.2, -0.15) is 0 Å². The normalized spacial score (nSPS) is 19.5. The van der Waals surface area contributed by atoms with Crippen LogP contribution in [0.25, 0.3) is 0 Å². The van der Waals surface area contributed by atoms with Crippen molar-refractivity contribution in [3.05, 3.63) is 93.0 Å². The van der Waals surface area contributed by atoms with Crippen LogP contribution in [0.3, 0.4) is 0 Å². The van der Waals surface area contributed by atoms with Crippen LogP contribution in [0.15, 0.2) is 66.7 Å². The first-order valence-electron chi connectivity index (χ1n) is 8.68. The van der Waals surface area contributed by atoms with Gasteiger partial charge in [0.2, 0.25) is 5.91 Å². The van der Waals surface area contributed by atoms with Crippen molar-refractivity contribution < 1.29 is 14.5 Å². The van der Waals surface area contributed by atoms with Crippen molar-refractivity contribution in [3.63, 3.8) is 0 Å². The highest BCUT2D eigenvalue weighted by atomic mass is 35.5. The van der Waals surface area contributed by atoms with Gasteiger partial charge in [0.05, 0.1) is 22.6 Å². The molecule has 0 radical (unpaired) electrons. The molecule has 1 fully saturated rings. The Hall–Kier alpha value is -3.38. The molecule has 2 aliphatic rings. The third-order valence-corrected chi connectivity index (χ3v) is 5.45. The van der Waals surface area contributed by atoms with E-state index in [2.05, 4.69) is 0 Å². The minimum atomic E-state index is -0.465. The van der Waals surface area contributed by atoms with Gasteiger partial charge in [0.25, 0.3) is 5.69 Å². The van der Waals surface area contributed by atoms with Crippen LogP contribution in [0.4, 0.5) is 11.4 Å². The lowest BCUT2D eigenvalue weighted by Crippen LogP contribution is -2.53. The van der Waals surface area contributed by atoms with Gasteiger partial charge in [0, 0.05) is 22.7 Å². The summed E-state index contributed by atoms with van der Waals surface area (Å²) in [5, 5.41) is 11.9. The molecule has 3 aromatic carbocycles. The summed E-state index contributed by atoms with van der Waals surface area (Å²) in [4.78, 5) is 25.7. The Morgan fingerprint density at radius 3 is 2.50 bits per heavy atom. The zero-order chi connectivity index (χ0) is 19.4. The number of carbonyl (C=O) groups excluding carboxylic acids is 1. The van der Waals surface area contributed by atoms with Crippen molar-refractivity contribution in [1.82, 2.24) is 0 Å². The first-order valence-corrected chi connectivity index (χ1v) is 9.06. The molecule has 3 aromatic rings. The molecule has 2 atom stereocenters. The zero-order valence-electron chi connectivity index (χ0n) is 14.4. The van der Waals surface area contributed by atoms with Crippen LogP contribution in [0.2, 0.25) is 5.02 Å². The van der Waals surface area contributed by atoms with E-state index in [1.54, 1.807) is 29.2 Å². The first kappa shape index (κ1) is 16.8. The van der Waals surface area contributed by atoms with Crippen molar-refractivity contribution in [2.75, 3.05) is 4.90 Å². The van der Waals surface area contributed by atoms with Gasteiger partial charge in [-0.25, -0.2) is 0 Å². The summed E-state index contributed by atoms with van der Waals surface area (Å²) in [6.45, 7) is 0. The molecule has 6 nitrogen and oxygen atoms in total. The molecule has 0 bridgehead atoms. The van der Waals surface area contributed by atoms with E-state index in [4.69, 9.17) is 16.3 Å². The smallest absolute Gasteiger partial charge is 0.270 e. The molecule has 0 N–H and O–H groups in total. The number of non-ortho nitro benzene ring substituents is 1. The topological polar surface area (TPSA) is 72.7 Å². The van der Waals surface area contributed by atoms with E-state index in [1.165, 1.54) is 12.1 Å². The summed E-state index contributed by atoms with van der Waals surface area (Å²) < 4.78 is 6.03. The Morgan fingerprint density at radius 1 is 1.00 bits per heavy atom. The summed E-state index contributed by atoms with van der Waals surface area (Å²) in [5.41, 5.74) is 2.04. The highest BCUT2D eigenvalue weighted by molar-refractivity contribution is 6.30. The molecule has 0 unspecified atom stereocenters. The summed E-state index contributed by atoms with van der Waals surface area (Å²) >= 11 is 5.99. The Balaban J connectivity index is 1.71. The van der Waals surface area contributed by atoms with Crippen molar-refractivity contribution >= 4 is 28.9 Å². The molecule has 2 heterocycles. The molecule has 1 saturated heterocycles. The summed E-state index contributed by atoms with van der Waals surface area (Å²) in [6.07, 6.45) is 0. The fourth-order valence-electron chi connectivity index (χ4n) is 3.91. The fraction of sp³-hybridized carbons (Fsp3) is 0.0952. The zero-order valence-corrected chi connectivity index (χ0v) is 15.2. The number of para-hydroxylation sites is 2. The monoisotopic (exact) mass is 392 g/mol. The van der Waals surface area contributed by atoms with Gasteiger partial charge in [-0.05, 0) is 35.9 Å². The van der Waals surface area contributed by atoms with Gasteiger partial charge >= 0.3 is 0 Å². The number of anilines is 1. The van der Waals surface area contributed by atoms with Gasteiger partial charge < -0.3 is 4.74 Å². The predicted molar refractivity (Wildman–Crippen MR) is 104 cm³/mol. The largest absolute Gasteiger partial charge is 0.455 e. The minimum absolute atomic E-state index is 0.0394. The second-order valence-corrected chi connectivity index (χ2v) is 7.17. The SMILES string of the molecule is O=C1[C@@H](c2ccc(Cl)cc2)[C@@H]2c3cc([N+](=O)[O-])ccc3Oc3ccccc3N12. The van der Waals surface area contributed by atoms with Crippen LogP contribution in [0.1, 0.15) is 23.1 Å². The average molecular weight is 393 g/mol. The van der Waals surface area contributed by atoms with Gasteiger partial charge in [0.1, 0.15) is 5.75 Å². The number of fused-ring (bicyclic) bond motifs is 5. The predicted octanol–water partition coefficient (Wildman–Crippen LogP) is 5.23. The lowest BCUT2D eigenvalue weighted by molar-refractivity contribution is -0.385. The van der Waals surface area contributed by atoms with Crippen molar-refractivity contribution in [2.45, 2.75) is 12.0 Å². The second-order valence-electron chi connectivity index (χ2n) is 6.73. The molecule has 1 amide bonds. The summed E-state index contributed by atoms with van der Waals surface area (Å²) in [7, 11) is 0. The van der Waals surface area contributed by atoms with Crippen LogP contribution in [-0.4, -0.2) is 10.8 Å². The molecule has 0 spiro atoms. The van der Waals surface area contributed by atoms with Crippen molar-refractivity contribution in [2.24, 2.45) is 0 Å². The standard InChI is InChI=1S/C21H13ClN2O4/c22-13-7-5-12(6-8-13)19-20-15-11-14(24(26)27)9-10-17(15)28-18-4-2-1-3-16(18)23(20)21(19)25/h1-11,19-20H/t19-,20-/m0/s1. The van der Waals surface area contributed by atoms with Crippen LogP contribution in [-0.2, 0) is 4.79 Å². The van der Waals surface area contributed by atoms with Gasteiger partial charge in [-0.1, -0.05) is 35.9 Å². The number of nitrogens with zero attached hydrogens (tertiary/aromatic N) is 2. The molecular formula is C21H13ClN2O4. The molecule has 28 heavy (non-hydrogen) atoms. The summed E-state index contributed by atoms with van der Waals surface area (Å²) in [6, 6.07) is 18.5. The van der Waals surface area contributed by atoms with Crippen molar-refractivity contribution in [3.8, 4) is 11.5 Å². The Kier molecular flexibility index (Phi) is 3.64. The molecular weight excluding hydrogens is 380 g/mol. The number of hydrogen-bond donors (Lipinski definition) is 0. The summed E-state index contributed by atoms with van der Waals surface area (Å²) in [5.74, 6) is 0.510. The number of β-lactam (4-membered cyclic amide) rings is 1. The van der Waals surface area contributed by atoms with Crippen LogP contribution >= 0.6 is 11.6 Å². The number of nitro groups is 1. The Bertz CT molecular complexity index is 1130. The third-order valence-electron chi connectivity index (χ3n) is 5.19. The number of ether oxygens (including phenoxy) is 1. The number of amides is 1. The molecule has 5 rings (SSSR count). The third kappa shape index (κ3) is 2.38. The minimum Gasteiger partial charge on any atom is -0.455 e. The van der Waals surface area contributed by atoms with Crippen molar-refractivity contribution in [1.29, 1.82) is 0 Å².